The van der Waals surface area contributed by atoms with E-state index in [0.29, 0.717) is 11.3 Å². The van der Waals surface area contributed by atoms with Crippen LogP contribution in [0.4, 0.5) is 5.69 Å². The Morgan fingerprint density at radius 2 is 1.32 bits per heavy atom. The summed E-state index contributed by atoms with van der Waals surface area (Å²) in [7, 11) is 0. The van der Waals surface area contributed by atoms with Gasteiger partial charge in [-0.3, -0.25) is 9.59 Å². The third kappa shape index (κ3) is 5.65. The van der Waals surface area contributed by atoms with Gasteiger partial charge in [0, 0.05) is 20.2 Å². The fourth-order valence-corrected chi connectivity index (χ4v) is 2.93. The van der Waals surface area contributed by atoms with Gasteiger partial charge in [0.2, 0.25) is 0 Å². The minimum atomic E-state index is -0.408. The maximum absolute atomic E-state index is 12.8. The summed E-state index contributed by atoms with van der Waals surface area (Å²) >= 11 is 6.75. The van der Waals surface area contributed by atoms with Crippen LogP contribution in [0.5, 0.6) is 0 Å². The van der Waals surface area contributed by atoms with Crippen LogP contribution in [0.25, 0.3) is 6.08 Å². The predicted octanol–water partition coefficient (Wildman–Crippen LogP) is 5.62. The van der Waals surface area contributed by atoms with Crippen LogP contribution in [0, 0.1) is 0 Å². The van der Waals surface area contributed by atoms with Gasteiger partial charge in [-0.1, -0.05) is 62.2 Å². The largest absolute Gasteiger partial charge is 0.321 e. The lowest BCUT2D eigenvalue weighted by Gasteiger charge is -2.11. The summed E-state index contributed by atoms with van der Waals surface area (Å²) in [5, 5.41) is 5.52. The van der Waals surface area contributed by atoms with Gasteiger partial charge in [0.05, 0.1) is 0 Å². The Bertz CT molecular complexity index is 999. The molecule has 140 valence electrons. The zero-order valence-corrected chi connectivity index (χ0v) is 17.8. The fourth-order valence-electron chi connectivity index (χ4n) is 2.40. The van der Waals surface area contributed by atoms with Crippen molar-refractivity contribution in [3.05, 3.63) is 105 Å². The summed E-state index contributed by atoms with van der Waals surface area (Å²) in [5.41, 5.74) is 2.04. The zero-order valence-electron chi connectivity index (χ0n) is 14.7. The van der Waals surface area contributed by atoms with Gasteiger partial charge in [0.1, 0.15) is 5.70 Å². The Labute approximate surface area is 179 Å². The second kappa shape index (κ2) is 9.48. The van der Waals surface area contributed by atoms with Crippen molar-refractivity contribution in [1.82, 2.24) is 5.32 Å². The fraction of sp³-hybridized carbons (Fsp3) is 0. The third-order valence-electron chi connectivity index (χ3n) is 3.81. The molecule has 2 amide bonds. The lowest BCUT2D eigenvalue weighted by molar-refractivity contribution is -0.113. The van der Waals surface area contributed by atoms with Crippen molar-refractivity contribution in [3.8, 4) is 0 Å². The molecule has 3 rings (SSSR count). The predicted molar refractivity (Wildman–Crippen MR) is 119 cm³/mol. The Kier molecular flexibility index (Phi) is 6.79. The minimum Gasteiger partial charge on any atom is -0.321 e. The first-order chi connectivity index (χ1) is 13.5. The summed E-state index contributed by atoms with van der Waals surface area (Å²) in [6, 6.07) is 23.4. The van der Waals surface area contributed by atoms with Gasteiger partial charge >= 0.3 is 0 Å². The highest BCUT2D eigenvalue weighted by Gasteiger charge is 2.15. The molecule has 0 unspecified atom stereocenters. The van der Waals surface area contributed by atoms with E-state index in [4.69, 9.17) is 0 Å². The molecule has 6 heteroatoms. The van der Waals surface area contributed by atoms with E-state index in [2.05, 4.69) is 42.5 Å². The van der Waals surface area contributed by atoms with Gasteiger partial charge in [-0.25, -0.2) is 0 Å². The van der Waals surface area contributed by atoms with E-state index in [9.17, 15) is 9.59 Å². The van der Waals surface area contributed by atoms with Gasteiger partial charge in [0.25, 0.3) is 11.8 Å². The molecule has 0 bridgehead atoms. The van der Waals surface area contributed by atoms with Crippen LogP contribution in [0.15, 0.2) is 93.5 Å². The number of anilines is 1. The number of nitrogens with one attached hydrogen (secondary N) is 2. The number of carbonyl (C=O) groups excluding carboxylic acids is 2. The van der Waals surface area contributed by atoms with E-state index in [1.165, 1.54) is 0 Å². The number of benzene rings is 3. The SMILES string of the molecule is O=C(Nc1ccc(Br)cc1)/C(=C\c1ccc(Br)cc1)NC(=O)c1ccccc1. The van der Waals surface area contributed by atoms with Crippen LogP contribution in [-0.2, 0) is 4.79 Å². The molecule has 28 heavy (non-hydrogen) atoms. The van der Waals surface area contributed by atoms with Crippen molar-refractivity contribution in [3.63, 3.8) is 0 Å². The molecule has 0 aliphatic rings. The molecule has 3 aromatic carbocycles. The summed E-state index contributed by atoms with van der Waals surface area (Å²) in [5.74, 6) is -0.760. The average Bonchev–Trinajstić information content (AvgIpc) is 2.71. The quantitative estimate of drug-likeness (QED) is 0.447. The Morgan fingerprint density at radius 1 is 0.750 bits per heavy atom. The molecular weight excluding hydrogens is 484 g/mol. The molecule has 0 aromatic heterocycles. The van der Waals surface area contributed by atoms with Gasteiger partial charge in [-0.05, 0) is 60.2 Å². The van der Waals surface area contributed by atoms with E-state index in [1.807, 2.05) is 42.5 Å². The van der Waals surface area contributed by atoms with Crippen molar-refractivity contribution in [2.24, 2.45) is 0 Å². The molecule has 0 saturated heterocycles. The molecule has 0 atom stereocenters. The number of hydrogen-bond donors (Lipinski definition) is 2. The maximum atomic E-state index is 12.8. The normalized spacial score (nSPS) is 11.0. The number of rotatable bonds is 5. The van der Waals surface area contributed by atoms with Crippen LogP contribution in [0.1, 0.15) is 15.9 Å². The number of hydrogen-bond acceptors (Lipinski definition) is 2. The zero-order chi connectivity index (χ0) is 19.9. The van der Waals surface area contributed by atoms with Crippen LogP contribution >= 0.6 is 31.9 Å². The lowest BCUT2D eigenvalue weighted by Crippen LogP contribution is -2.30. The summed E-state index contributed by atoms with van der Waals surface area (Å²) in [4.78, 5) is 25.4. The van der Waals surface area contributed by atoms with Crippen LogP contribution < -0.4 is 10.6 Å². The van der Waals surface area contributed by atoms with Crippen molar-refractivity contribution in [2.75, 3.05) is 5.32 Å². The third-order valence-corrected chi connectivity index (χ3v) is 4.87. The summed E-state index contributed by atoms with van der Waals surface area (Å²) in [6.45, 7) is 0. The molecule has 0 fully saturated rings. The van der Waals surface area contributed by atoms with Crippen LogP contribution in [0.3, 0.4) is 0 Å². The maximum Gasteiger partial charge on any atom is 0.272 e. The standard InChI is InChI=1S/C22H16Br2N2O2/c23-17-8-6-15(7-9-17)14-20(26-21(27)16-4-2-1-3-5-16)22(28)25-19-12-10-18(24)11-13-19/h1-14H,(H,25,28)(H,26,27)/b20-14+. The average molecular weight is 500 g/mol. The first-order valence-electron chi connectivity index (χ1n) is 8.42. The Hall–Kier alpha value is -2.70. The molecule has 4 nitrogen and oxygen atoms in total. The topological polar surface area (TPSA) is 58.2 Å². The highest BCUT2D eigenvalue weighted by atomic mass is 79.9. The molecule has 0 radical (unpaired) electrons. The molecular formula is C22H16Br2N2O2. The second-order valence-corrected chi connectivity index (χ2v) is 7.72. The molecule has 3 aromatic rings. The number of carbonyl (C=O) groups is 2. The first kappa shape index (κ1) is 20.0. The molecule has 2 N–H and O–H groups in total. The van der Waals surface area contributed by atoms with Crippen LogP contribution in [0.2, 0.25) is 0 Å². The van der Waals surface area contributed by atoms with Gasteiger partial charge in [-0.2, -0.15) is 0 Å². The molecule has 0 heterocycles. The van der Waals surface area contributed by atoms with Crippen molar-refractivity contribution < 1.29 is 9.59 Å². The smallest absolute Gasteiger partial charge is 0.272 e. The Morgan fingerprint density at radius 3 is 1.93 bits per heavy atom. The lowest BCUT2D eigenvalue weighted by atomic mass is 10.1. The van der Waals surface area contributed by atoms with E-state index >= 15 is 0 Å². The first-order valence-corrected chi connectivity index (χ1v) is 10.0. The highest BCUT2D eigenvalue weighted by molar-refractivity contribution is 9.10. The summed E-state index contributed by atoms with van der Waals surface area (Å²) in [6.07, 6.45) is 1.64. The van der Waals surface area contributed by atoms with Gasteiger partial charge in [0.15, 0.2) is 0 Å². The molecule has 0 aliphatic heterocycles. The van der Waals surface area contributed by atoms with E-state index in [-0.39, 0.29) is 11.6 Å². The molecule has 0 saturated carbocycles. The van der Waals surface area contributed by atoms with Gasteiger partial charge < -0.3 is 10.6 Å². The van der Waals surface area contributed by atoms with Crippen LogP contribution in [-0.4, -0.2) is 11.8 Å². The van der Waals surface area contributed by atoms with Crippen molar-refractivity contribution in [2.45, 2.75) is 0 Å². The van der Waals surface area contributed by atoms with E-state index in [0.717, 1.165) is 14.5 Å². The van der Waals surface area contributed by atoms with E-state index in [1.54, 1.807) is 42.5 Å². The van der Waals surface area contributed by atoms with Gasteiger partial charge in [-0.15, -0.1) is 0 Å². The van der Waals surface area contributed by atoms with Crippen molar-refractivity contribution in [1.29, 1.82) is 0 Å². The minimum absolute atomic E-state index is 0.152. The second-order valence-electron chi connectivity index (χ2n) is 5.89. The molecule has 0 aliphatic carbocycles. The van der Waals surface area contributed by atoms with Crippen molar-refractivity contribution >= 4 is 55.4 Å². The molecule has 0 spiro atoms. The Balaban J connectivity index is 1.86. The monoisotopic (exact) mass is 498 g/mol. The number of halogens is 2. The highest BCUT2D eigenvalue weighted by Crippen LogP contribution is 2.16. The number of amides is 2. The summed E-state index contributed by atoms with van der Waals surface area (Å²) < 4.78 is 1.84. The van der Waals surface area contributed by atoms with E-state index < -0.39 is 5.91 Å².